The Bertz CT molecular complexity index is 551. The van der Waals surface area contributed by atoms with E-state index in [1.807, 2.05) is 0 Å². The first kappa shape index (κ1) is 50.2. The summed E-state index contributed by atoms with van der Waals surface area (Å²) in [5, 5.41) is 10.4. The van der Waals surface area contributed by atoms with Gasteiger partial charge in [0, 0.05) is 5.97 Å². The average molecular weight is 687 g/mol. The summed E-state index contributed by atoms with van der Waals surface area (Å²) in [4.78, 5) is 10.4. The molecular formula is C44H87KO2. The smallest absolute Gasteiger partial charge is 0.550 e. The van der Waals surface area contributed by atoms with Gasteiger partial charge < -0.3 is 9.90 Å². The minimum absolute atomic E-state index is 0. The third kappa shape index (κ3) is 49.3. The number of carbonyl (C=O) groups excluding carboxylic acids is 1. The summed E-state index contributed by atoms with van der Waals surface area (Å²) in [6, 6.07) is 0. The number of hydrogen-bond donors (Lipinski definition) is 0. The van der Waals surface area contributed by atoms with Crippen molar-refractivity contribution in [3.8, 4) is 0 Å². The van der Waals surface area contributed by atoms with Crippen LogP contribution < -0.4 is 56.5 Å². The van der Waals surface area contributed by atoms with Gasteiger partial charge in [0.25, 0.3) is 0 Å². The van der Waals surface area contributed by atoms with Crippen molar-refractivity contribution < 1.29 is 61.3 Å². The summed E-state index contributed by atoms with van der Waals surface area (Å²) in [6.45, 7) is 2.31. The third-order valence-corrected chi connectivity index (χ3v) is 10.5. The first-order valence-corrected chi connectivity index (χ1v) is 22.0. The Balaban J connectivity index is 0. The Morgan fingerprint density at radius 2 is 0.404 bits per heavy atom. The average Bonchev–Trinajstić information content (AvgIpc) is 3.05. The number of aliphatic carboxylic acids is 1. The second-order valence-corrected chi connectivity index (χ2v) is 15.3. The van der Waals surface area contributed by atoms with Crippen LogP contribution in [-0.4, -0.2) is 5.97 Å². The fourth-order valence-electron chi connectivity index (χ4n) is 7.24. The quantitative estimate of drug-likeness (QED) is 0.0474. The standard InChI is InChI=1S/C44H88O2.K/c1-2-3-4-5-6-7-8-9-10-11-12-13-14-15-16-17-18-19-20-21-22-23-24-25-26-27-28-29-30-31-32-33-34-35-36-37-38-39-40-41-42-43-44(45)46;/h2-43H2,1H3,(H,45,46);/q;+1/p-1. The first-order valence-electron chi connectivity index (χ1n) is 22.0. The van der Waals surface area contributed by atoms with Crippen LogP contribution in [0.3, 0.4) is 0 Å². The molecule has 3 heteroatoms. The van der Waals surface area contributed by atoms with Gasteiger partial charge in [-0.2, -0.15) is 0 Å². The monoisotopic (exact) mass is 687 g/mol. The van der Waals surface area contributed by atoms with E-state index in [2.05, 4.69) is 6.92 Å². The number of unbranched alkanes of at least 4 members (excludes halogenated alkanes) is 40. The largest absolute Gasteiger partial charge is 1.00 e. The van der Waals surface area contributed by atoms with E-state index in [-0.39, 0.29) is 57.8 Å². The molecular weight excluding hydrogens is 600 g/mol. The van der Waals surface area contributed by atoms with Crippen LogP contribution in [0.1, 0.15) is 277 Å². The summed E-state index contributed by atoms with van der Waals surface area (Å²) in [6.07, 6.45) is 58.5. The van der Waals surface area contributed by atoms with E-state index in [0.29, 0.717) is 0 Å². The topological polar surface area (TPSA) is 40.1 Å². The maximum Gasteiger partial charge on any atom is 1.00 e. The molecule has 0 spiro atoms. The van der Waals surface area contributed by atoms with Crippen LogP contribution in [-0.2, 0) is 4.79 Å². The zero-order valence-electron chi connectivity index (χ0n) is 33.0. The van der Waals surface area contributed by atoms with E-state index < -0.39 is 5.97 Å². The molecule has 0 saturated heterocycles. The van der Waals surface area contributed by atoms with Crippen LogP contribution in [0.5, 0.6) is 0 Å². The van der Waals surface area contributed by atoms with Crippen LogP contribution >= 0.6 is 0 Å². The number of carbonyl (C=O) groups is 1. The van der Waals surface area contributed by atoms with Gasteiger partial charge in [0.1, 0.15) is 0 Å². The van der Waals surface area contributed by atoms with Gasteiger partial charge in [0.2, 0.25) is 0 Å². The SMILES string of the molecule is CCCCCCCCCCCCCCCCCCCCCCCCCCCCCCCCCCCCCCCCCCCC(=O)[O-].[K+]. The number of carboxylic acids is 1. The Morgan fingerprint density at radius 1 is 0.277 bits per heavy atom. The van der Waals surface area contributed by atoms with Gasteiger partial charge in [-0.25, -0.2) is 0 Å². The number of carboxylic acid groups (broad SMARTS) is 1. The summed E-state index contributed by atoms with van der Waals surface area (Å²) in [5.74, 6) is -0.897. The Labute approximate surface area is 340 Å². The molecule has 0 aromatic carbocycles. The minimum atomic E-state index is -0.897. The van der Waals surface area contributed by atoms with Crippen molar-refractivity contribution in [3.05, 3.63) is 0 Å². The second kappa shape index (κ2) is 47.1. The zero-order valence-corrected chi connectivity index (χ0v) is 36.1. The predicted molar refractivity (Wildman–Crippen MR) is 205 cm³/mol. The van der Waals surface area contributed by atoms with Crippen molar-refractivity contribution in [1.29, 1.82) is 0 Å². The van der Waals surface area contributed by atoms with Crippen LogP contribution in [0, 0.1) is 0 Å². The van der Waals surface area contributed by atoms with Gasteiger partial charge >= 0.3 is 51.4 Å². The van der Waals surface area contributed by atoms with Crippen molar-refractivity contribution in [2.24, 2.45) is 0 Å². The van der Waals surface area contributed by atoms with Gasteiger partial charge in [-0.05, 0) is 12.8 Å². The van der Waals surface area contributed by atoms with Gasteiger partial charge in [-0.3, -0.25) is 0 Å². The maximum absolute atomic E-state index is 10.4. The fourth-order valence-corrected chi connectivity index (χ4v) is 7.24. The van der Waals surface area contributed by atoms with Gasteiger partial charge in [-0.1, -0.05) is 264 Å². The van der Waals surface area contributed by atoms with E-state index in [1.54, 1.807) is 0 Å². The van der Waals surface area contributed by atoms with Gasteiger partial charge in [0.05, 0.1) is 0 Å². The van der Waals surface area contributed by atoms with Crippen LogP contribution in [0.2, 0.25) is 0 Å². The number of rotatable bonds is 42. The molecule has 0 aliphatic rings. The molecule has 0 saturated carbocycles. The third-order valence-electron chi connectivity index (χ3n) is 10.5. The van der Waals surface area contributed by atoms with E-state index >= 15 is 0 Å². The first-order chi connectivity index (χ1) is 22.8. The minimum Gasteiger partial charge on any atom is -0.550 e. The molecule has 0 bridgehead atoms. The molecule has 0 amide bonds. The molecule has 2 nitrogen and oxygen atoms in total. The Morgan fingerprint density at radius 3 is 0.532 bits per heavy atom. The van der Waals surface area contributed by atoms with E-state index in [1.165, 1.54) is 250 Å². The molecule has 0 N–H and O–H groups in total. The van der Waals surface area contributed by atoms with Crippen molar-refractivity contribution in [3.63, 3.8) is 0 Å². The molecule has 0 heterocycles. The molecule has 0 unspecified atom stereocenters. The molecule has 276 valence electrons. The summed E-state index contributed by atoms with van der Waals surface area (Å²) in [5.41, 5.74) is 0. The van der Waals surface area contributed by atoms with Crippen molar-refractivity contribution in [1.82, 2.24) is 0 Å². The van der Waals surface area contributed by atoms with Crippen LogP contribution in [0.4, 0.5) is 0 Å². The summed E-state index contributed by atoms with van der Waals surface area (Å²) < 4.78 is 0. The molecule has 0 aliphatic heterocycles. The summed E-state index contributed by atoms with van der Waals surface area (Å²) in [7, 11) is 0. The van der Waals surface area contributed by atoms with Crippen molar-refractivity contribution >= 4 is 5.97 Å². The van der Waals surface area contributed by atoms with Crippen LogP contribution in [0.25, 0.3) is 0 Å². The Hall–Kier alpha value is 1.11. The van der Waals surface area contributed by atoms with Gasteiger partial charge in [-0.15, -0.1) is 0 Å². The van der Waals surface area contributed by atoms with Gasteiger partial charge in [0.15, 0.2) is 0 Å². The molecule has 0 radical (unpaired) electrons. The Kier molecular flexibility index (Phi) is 50.3. The van der Waals surface area contributed by atoms with E-state index in [4.69, 9.17) is 0 Å². The summed E-state index contributed by atoms with van der Waals surface area (Å²) >= 11 is 0. The second-order valence-electron chi connectivity index (χ2n) is 15.3. The van der Waals surface area contributed by atoms with E-state index in [9.17, 15) is 9.90 Å². The zero-order chi connectivity index (χ0) is 33.3. The molecule has 0 fully saturated rings. The number of hydrogen-bond acceptors (Lipinski definition) is 2. The van der Waals surface area contributed by atoms with Crippen molar-refractivity contribution in [2.45, 2.75) is 277 Å². The maximum atomic E-state index is 10.4. The van der Waals surface area contributed by atoms with Crippen LogP contribution in [0.15, 0.2) is 0 Å². The molecule has 0 aliphatic carbocycles. The van der Waals surface area contributed by atoms with Crippen molar-refractivity contribution in [2.75, 3.05) is 0 Å². The molecule has 0 aromatic heterocycles. The van der Waals surface area contributed by atoms with E-state index in [0.717, 1.165) is 12.8 Å². The predicted octanol–water partition coefficient (Wildman–Crippen LogP) is 12.1. The normalized spacial score (nSPS) is 11.3. The molecule has 47 heavy (non-hydrogen) atoms. The molecule has 0 aromatic rings. The molecule has 0 atom stereocenters. The molecule has 0 rings (SSSR count). The fraction of sp³-hybridized carbons (Fsp3) is 0.977.